The van der Waals surface area contributed by atoms with Crippen LogP contribution >= 0.6 is 22.9 Å². The Kier molecular flexibility index (Phi) is 11.2. The van der Waals surface area contributed by atoms with Crippen molar-refractivity contribution in [3.8, 4) is 11.8 Å². The molecule has 2 aromatic heterocycles. The van der Waals surface area contributed by atoms with E-state index in [0.29, 0.717) is 6.61 Å². The first kappa shape index (κ1) is 27.9. The molecule has 0 spiro atoms. The van der Waals surface area contributed by atoms with Crippen molar-refractivity contribution >= 4 is 35.0 Å². The standard InChI is InChI=1S/C21H22ClN2OS.C9H8O2/c1-3-4-12-25-19(20-8-9-21(22)26-20)15-24-11-10-23(16-24)14-18-7-5-6-17(2)13-18;10-9(11)7-6-8-4-2-1-3-5-8/h5-11,13,16,19H,12,14-15H2,1-2H3;1-7H,(H,10,11)/q+1;/p-1/b;7-6+. The maximum atomic E-state index is 9.97. The first-order chi connectivity index (χ1) is 17.9. The predicted molar refractivity (Wildman–Crippen MR) is 147 cm³/mol. The van der Waals surface area contributed by atoms with Crippen molar-refractivity contribution in [3.05, 3.63) is 117 Å². The van der Waals surface area contributed by atoms with Gasteiger partial charge in [0.05, 0.1) is 10.3 Å². The van der Waals surface area contributed by atoms with Gasteiger partial charge in [0, 0.05) is 4.88 Å². The predicted octanol–water partition coefficient (Wildman–Crippen LogP) is 5.08. The smallest absolute Gasteiger partial charge is 0.244 e. The summed E-state index contributed by atoms with van der Waals surface area (Å²) < 4.78 is 11.1. The molecule has 2 aromatic carbocycles. The molecular formula is C30H29ClN2O3S. The van der Waals surface area contributed by atoms with Crippen molar-refractivity contribution in [3.63, 3.8) is 0 Å². The molecule has 4 rings (SSSR count). The molecule has 0 aliphatic rings. The summed E-state index contributed by atoms with van der Waals surface area (Å²) in [4.78, 5) is 11.1. The molecule has 1 unspecified atom stereocenters. The molecular weight excluding hydrogens is 504 g/mol. The van der Waals surface area contributed by atoms with Crippen LogP contribution in [0.15, 0.2) is 91.5 Å². The number of ether oxygens (including phenoxy) is 1. The molecule has 0 aliphatic carbocycles. The van der Waals surface area contributed by atoms with Crippen molar-refractivity contribution in [2.75, 3.05) is 6.61 Å². The zero-order chi connectivity index (χ0) is 26.5. The Hall–Kier alpha value is -3.63. The lowest BCUT2D eigenvalue weighted by molar-refractivity contribution is -0.687. The zero-order valence-corrected chi connectivity index (χ0v) is 22.4. The normalized spacial score (nSPS) is 11.3. The van der Waals surface area contributed by atoms with Crippen molar-refractivity contribution in [2.24, 2.45) is 0 Å². The van der Waals surface area contributed by atoms with Gasteiger partial charge >= 0.3 is 0 Å². The first-order valence-electron chi connectivity index (χ1n) is 11.7. The number of imidazole rings is 1. The number of hydrogen-bond acceptors (Lipinski definition) is 4. The third kappa shape index (κ3) is 10.1. The van der Waals surface area contributed by atoms with E-state index in [-0.39, 0.29) is 6.10 Å². The molecule has 0 saturated heterocycles. The second-order valence-corrected chi connectivity index (χ2v) is 9.95. The summed E-state index contributed by atoms with van der Waals surface area (Å²) in [6.45, 7) is 5.93. The van der Waals surface area contributed by atoms with Gasteiger partial charge in [-0.05, 0) is 43.2 Å². The molecule has 1 atom stereocenters. The van der Waals surface area contributed by atoms with Crippen molar-refractivity contribution in [2.45, 2.75) is 33.0 Å². The fourth-order valence-electron chi connectivity index (χ4n) is 3.52. The Morgan fingerprint density at radius 2 is 2.00 bits per heavy atom. The van der Waals surface area contributed by atoms with Gasteiger partial charge in [-0.2, -0.15) is 0 Å². The van der Waals surface area contributed by atoms with Gasteiger partial charge in [0.25, 0.3) is 0 Å². The van der Waals surface area contributed by atoms with E-state index >= 15 is 0 Å². The van der Waals surface area contributed by atoms with Crippen LogP contribution in [0.2, 0.25) is 4.34 Å². The Morgan fingerprint density at radius 3 is 2.68 bits per heavy atom. The number of carboxylic acids is 1. The number of carbonyl (C=O) groups excluding carboxylic acids is 1. The lowest BCUT2D eigenvalue weighted by Crippen LogP contribution is -2.31. The molecule has 0 radical (unpaired) electrons. The highest BCUT2D eigenvalue weighted by Gasteiger charge is 2.18. The average molecular weight is 533 g/mol. The van der Waals surface area contributed by atoms with Crippen LogP contribution in [0.1, 0.15) is 34.6 Å². The van der Waals surface area contributed by atoms with Crippen LogP contribution in [-0.4, -0.2) is 17.1 Å². The monoisotopic (exact) mass is 532 g/mol. The number of carbonyl (C=O) groups is 1. The van der Waals surface area contributed by atoms with E-state index < -0.39 is 5.97 Å². The number of nitrogens with zero attached hydrogens (tertiary/aromatic N) is 2. The van der Waals surface area contributed by atoms with Gasteiger partial charge in [-0.1, -0.05) is 83.8 Å². The molecule has 2 heterocycles. The van der Waals surface area contributed by atoms with Gasteiger partial charge < -0.3 is 14.6 Å². The number of carboxylic acid groups (broad SMARTS) is 1. The van der Waals surface area contributed by atoms with Crippen LogP contribution in [0.4, 0.5) is 0 Å². The molecule has 0 N–H and O–H groups in total. The minimum Gasteiger partial charge on any atom is -0.545 e. The number of aliphatic carboxylic acids is 1. The molecule has 5 nitrogen and oxygen atoms in total. The van der Waals surface area contributed by atoms with Gasteiger partial charge in [-0.3, -0.25) is 0 Å². The van der Waals surface area contributed by atoms with E-state index in [1.54, 1.807) is 11.3 Å². The molecule has 7 heteroatoms. The van der Waals surface area contributed by atoms with Crippen molar-refractivity contribution in [1.29, 1.82) is 0 Å². The molecule has 4 aromatic rings. The second kappa shape index (κ2) is 14.8. The number of aromatic nitrogens is 2. The van der Waals surface area contributed by atoms with Crippen LogP contribution in [0, 0.1) is 18.8 Å². The minimum absolute atomic E-state index is 0.0619. The number of hydrogen-bond donors (Lipinski definition) is 0. The zero-order valence-electron chi connectivity index (χ0n) is 20.8. The summed E-state index contributed by atoms with van der Waals surface area (Å²) in [7, 11) is 0. The average Bonchev–Trinajstić information content (AvgIpc) is 3.52. The molecule has 0 amide bonds. The van der Waals surface area contributed by atoms with E-state index in [9.17, 15) is 9.90 Å². The highest BCUT2D eigenvalue weighted by Crippen LogP contribution is 2.30. The molecule has 0 saturated carbocycles. The lowest BCUT2D eigenvalue weighted by Gasteiger charge is -2.12. The van der Waals surface area contributed by atoms with Crippen molar-refractivity contribution < 1.29 is 19.2 Å². The van der Waals surface area contributed by atoms with Gasteiger partial charge in [0.15, 0.2) is 0 Å². The summed E-state index contributed by atoms with van der Waals surface area (Å²) in [6, 6.07) is 21.7. The lowest BCUT2D eigenvalue weighted by atomic mass is 10.1. The third-order valence-electron chi connectivity index (χ3n) is 5.23. The highest BCUT2D eigenvalue weighted by molar-refractivity contribution is 7.16. The van der Waals surface area contributed by atoms with E-state index in [2.05, 4.69) is 70.9 Å². The number of rotatable bonds is 9. The van der Waals surface area contributed by atoms with Gasteiger partial charge in [0.2, 0.25) is 6.33 Å². The molecule has 0 fully saturated rings. The Morgan fingerprint density at radius 1 is 1.19 bits per heavy atom. The Labute approximate surface area is 227 Å². The summed E-state index contributed by atoms with van der Waals surface area (Å²) in [5.74, 6) is 4.67. The van der Waals surface area contributed by atoms with Gasteiger partial charge in [-0.15, -0.1) is 17.3 Å². The molecule has 190 valence electrons. The molecule has 37 heavy (non-hydrogen) atoms. The van der Waals surface area contributed by atoms with Crippen LogP contribution < -0.4 is 9.67 Å². The summed E-state index contributed by atoms with van der Waals surface area (Å²) in [6.07, 6.45) is 8.72. The van der Waals surface area contributed by atoms with E-state index in [1.807, 2.05) is 49.4 Å². The van der Waals surface area contributed by atoms with E-state index in [1.165, 1.54) is 17.2 Å². The topological polar surface area (TPSA) is 58.2 Å². The number of thiophene rings is 1. The summed E-state index contributed by atoms with van der Waals surface area (Å²) in [5.41, 5.74) is 3.43. The maximum Gasteiger partial charge on any atom is 0.244 e. The fraction of sp³-hybridized carbons (Fsp3) is 0.200. The number of aryl methyl sites for hydroxylation is 1. The Balaban J connectivity index is 0.000000289. The summed E-state index contributed by atoms with van der Waals surface area (Å²) in [5, 5.41) is 9.97. The Bertz CT molecular complexity index is 1370. The van der Waals surface area contributed by atoms with Gasteiger partial charge in [0.1, 0.15) is 38.2 Å². The third-order valence-corrected chi connectivity index (χ3v) is 6.55. The quantitative estimate of drug-likeness (QED) is 0.172. The first-order valence-corrected chi connectivity index (χ1v) is 12.9. The maximum absolute atomic E-state index is 9.97. The molecule has 0 aliphatic heterocycles. The minimum atomic E-state index is -1.17. The number of halogens is 1. The number of benzene rings is 2. The largest absolute Gasteiger partial charge is 0.545 e. The van der Waals surface area contributed by atoms with E-state index in [0.717, 1.165) is 33.9 Å². The second-order valence-electron chi connectivity index (χ2n) is 8.20. The van der Waals surface area contributed by atoms with Crippen LogP contribution in [0.5, 0.6) is 0 Å². The van der Waals surface area contributed by atoms with Crippen LogP contribution in [0.25, 0.3) is 6.08 Å². The fourth-order valence-corrected chi connectivity index (χ4v) is 4.62. The van der Waals surface area contributed by atoms with Crippen LogP contribution in [0.3, 0.4) is 0 Å². The van der Waals surface area contributed by atoms with E-state index in [4.69, 9.17) is 16.3 Å². The van der Waals surface area contributed by atoms with Crippen LogP contribution in [-0.2, 0) is 22.6 Å². The highest BCUT2D eigenvalue weighted by atomic mass is 35.5. The SMILES string of the molecule is CC#CCOC(Cn1cc[n+](Cc2cccc(C)c2)c1)c1ccc(Cl)s1.O=C([O-])/C=C/c1ccccc1. The summed E-state index contributed by atoms with van der Waals surface area (Å²) >= 11 is 7.66. The van der Waals surface area contributed by atoms with Gasteiger partial charge in [-0.25, -0.2) is 9.13 Å². The molecule has 0 bridgehead atoms. The van der Waals surface area contributed by atoms with Crippen molar-refractivity contribution in [1.82, 2.24) is 4.57 Å².